The Bertz CT molecular complexity index is 1070. The summed E-state index contributed by atoms with van der Waals surface area (Å²) in [5.41, 5.74) is 1.58. The molecule has 0 aliphatic rings. The van der Waals surface area contributed by atoms with Crippen LogP contribution in [-0.2, 0) is 6.67 Å². The lowest BCUT2D eigenvalue weighted by molar-refractivity contribution is -0.386. The van der Waals surface area contributed by atoms with Crippen molar-refractivity contribution in [1.82, 2.24) is 19.6 Å². The minimum atomic E-state index is -0.469. The van der Waals surface area contributed by atoms with Gasteiger partial charge >= 0.3 is 5.69 Å². The Balaban J connectivity index is 1.77. The predicted octanol–water partition coefficient (Wildman–Crippen LogP) is 2.23. The molecule has 0 radical (unpaired) electrons. The highest BCUT2D eigenvalue weighted by Gasteiger charge is 2.22. The van der Waals surface area contributed by atoms with Crippen LogP contribution in [0.2, 0.25) is 0 Å². The van der Waals surface area contributed by atoms with Crippen molar-refractivity contribution >= 4 is 17.3 Å². The summed E-state index contributed by atoms with van der Waals surface area (Å²) in [4.78, 5) is 23.0. The highest BCUT2D eigenvalue weighted by atomic mass is 16.6. The summed E-state index contributed by atoms with van der Waals surface area (Å²) in [6.45, 7) is 3.30. The van der Waals surface area contributed by atoms with Crippen LogP contribution in [-0.4, -0.2) is 30.4 Å². The van der Waals surface area contributed by atoms with E-state index in [9.17, 15) is 14.9 Å². The number of hydrogen-bond acceptors (Lipinski definition) is 6. The third-order valence-electron chi connectivity index (χ3n) is 3.97. The molecule has 0 saturated carbocycles. The average Bonchev–Trinajstić information content (AvgIpc) is 3.20. The molecule has 27 heavy (non-hydrogen) atoms. The third kappa shape index (κ3) is 3.52. The minimum Gasteiger partial charge on any atom is -0.319 e. The Morgan fingerprint density at radius 1 is 1.30 bits per heavy atom. The third-order valence-corrected chi connectivity index (χ3v) is 3.97. The molecule has 136 valence electrons. The van der Waals surface area contributed by atoms with Gasteiger partial charge in [0.05, 0.1) is 16.2 Å². The van der Waals surface area contributed by atoms with Crippen molar-refractivity contribution in [3.63, 3.8) is 0 Å². The minimum absolute atomic E-state index is 0.0340. The number of carbonyl (C=O) groups excluding carboxylic acids is 1. The fraction of sp³-hybridized carbons (Fsp3) is 0.176. The van der Waals surface area contributed by atoms with E-state index in [1.54, 1.807) is 44.3 Å². The maximum absolute atomic E-state index is 12.4. The van der Waals surface area contributed by atoms with Crippen molar-refractivity contribution in [1.29, 1.82) is 5.26 Å². The van der Waals surface area contributed by atoms with Gasteiger partial charge in [-0.25, -0.2) is 4.68 Å². The van der Waals surface area contributed by atoms with Crippen molar-refractivity contribution in [2.75, 3.05) is 5.32 Å². The van der Waals surface area contributed by atoms with Gasteiger partial charge in [0.1, 0.15) is 24.1 Å². The van der Waals surface area contributed by atoms with Crippen LogP contribution in [0.3, 0.4) is 0 Å². The molecule has 0 bridgehead atoms. The molecule has 0 spiro atoms. The van der Waals surface area contributed by atoms with Crippen LogP contribution in [0.4, 0.5) is 11.4 Å². The second kappa shape index (κ2) is 7.09. The SMILES string of the molecule is Cc1nn(Cn2ccc(C(=O)Nc3ccccc3C#N)n2)c(C)c1[N+](=O)[O-]. The van der Waals surface area contributed by atoms with E-state index < -0.39 is 10.8 Å². The van der Waals surface area contributed by atoms with Gasteiger partial charge in [0.15, 0.2) is 5.69 Å². The second-order valence-electron chi connectivity index (χ2n) is 5.77. The van der Waals surface area contributed by atoms with E-state index in [-0.39, 0.29) is 18.1 Å². The maximum Gasteiger partial charge on any atom is 0.312 e. The normalized spacial score (nSPS) is 10.4. The summed E-state index contributed by atoms with van der Waals surface area (Å²) in [6.07, 6.45) is 1.58. The number of rotatable bonds is 5. The summed E-state index contributed by atoms with van der Waals surface area (Å²) in [6, 6.07) is 10.2. The Morgan fingerprint density at radius 2 is 2.04 bits per heavy atom. The zero-order chi connectivity index (χ0) is 19.6. The number of hydrogen-bond donors (Lipinski definition) is 1. The second-order valence-corrected chi connectivity index (χ2v) is 5.77. The summed E-state index contributed by atoms with van der Waals surface area (Å²) in [5, 5.41) is 31.1. The number of nitrogens with one attached hydrogen (secondary N) is 1. The lowest BCUT2D eigenvalue weighted by Crippen LogP contribution is -2.16. The molecule has 1 amide bonds. The highest BCUT2D eigenvalue weighted by molar-refractivity contribution is 6.03. The van der Waals surface area contributed by atoms with Gasteiger partial charge < -0.3 is 5.32 Å². The molecule has 10 heteroatoms. The van der Waals surface area contributed by atoms with Crippen molar-refractivity contribution in [3.8, 4) is 6.07 Å². The van der Waals surface area contributed by atoms with Crippen LogP contribution in [0.5, 0.6) is 0 Å². The fourth-order valence-corrected chi connectivity index (χ4v) is 2.66. The molecular formula is C17H15N7O3. The first-order chi connectivity index (χ1) is 12.9. The molecule has 10 nitrogen and oxygen atoms in total. The summed E-state index contributed by atoms with van der Waals surface area (Å²) in [5.74, 6) is -0.462. The van der Waals surface area contributed by atoms with Crippen LogP contribution >= 0.6 is 0 Å². The van der Waals surface area contributed by atoms with E-state index in [1.165, 1.54) is 15.4 Å². The quantitative estimate of drug-likeness (QED) is 0.545. The topological polar surface area (TPSA) is 132 Å². The number of carbonyl (C=O) groups is 1. The number of para-hydroxylation sites is 1. The first kappa shape index (κ1) is 17.8. The highest BCUT2D eigenvalue weighted by Crippen LogP contribution is 2.21. The zero-order valence-electron chi connectivity index (χ0n) is 14.6. The molecule has 3 aromatic rings. The largest absolute Gasteiger partial charge is 0.319 e. The molecule has 1 N–H and O–H groups in total. The van der Waals surface area contributed by atoms with Crippen LogP contribution in [0.25, 0.3) is 0 Å². The van der Waals surface area contributed by atoms with E-state index >= 15 is 0 Å². The molecule has 0 unspecified atom stereocenters. The van der Waals surface area contributed by atoms with Crippen LogP contribution in [0.15, 0.2) is 36.5 Å². The molecule has 0 atom stereocenters. The van der Waals surface area contributed by atoms with Gasteiger partial charge in [-0.2, -0.15) is 15.5 Å². The molecule has 2 heterocycles. The summed E-state index contributed by atoms with van der Waals surface area (Å²) in [7, 11) is 0. The number of anilines is 1. The van der Waals surface area contributed by atoms with Crippen molar-refractivity contribution in [2.24, 2.45) is 0 Å². The molecule has 0 fully saturated rings. The number of nitro groups is 1. The van der Waals surface area contributed by atoms with Gasteiger partial charge in [0.2, 0.25) is 0 Å². The number of nitriles is 1. The lowest BCUT2D eigenvalue weighted by atomic mass is 10.2. The first-order valence-corrected chi connectivity index (χ1v) is 7.93. The van der Waals surface area contributed by atoms with Crippen LogP contribution in [0.1, 0.15) is 27.4 Å². The number of amides is 1. The maximum atomic E-state index is 12.4. The summed E-state index contributed by atoms with van der Waals surface area (Å²) >= 11 is 0. The molecular weight excluding hydrogens is 350 g/mol. The monoisotopic (exact) mass is 365 g/mol. The van der Waals surface area contributed by atoms with Crippen LogP contribution < -0.4 is 5.32 Å². The number of aromatic nitrogens is 4. The van der Waals surface area contributed by atoms with Crippen molar-refractivity contribution in [2.45, 2.75) is 20.5 Å². The van der Waals surface area contributed by atoms with Gasteiger partial charge in [-0.05, 0) is 32.0 Å². The summed E-state index contributed by atoms with van der Waals surface area (Å²) < 4.78 is 2.90. The van der Waals surface area contributed by atoms with E-state index in [1.807, 2.05) is 6.07 Å². The van der Waals surface area contributed by atoms with Gasteiger partial charge in [-0.15, -0.1) is 0 Å². The number of aryl methyl sites for hydroxylation is 1. The van der Waals surface area contributed by atoms with E-state index in [4.69, 9.17) is 5.26 Å². The molecule has 1 aromatic carbocycles. The van der Waals surface area contributed by atoms with Crippen LogP contribution in [0, 0.1) is 35.3 Å². The smallest absolute Gasteiger partial charge is 0.312 e. The van der Waals surface area contributed by atoms with Gasteiger partial charge in [0.25, 0.3) is 5.91 Å². The molecule has 0 aliphatic heterocycles. The molecule has 2 aromatic heterocycles. The fourth-order valence-electron chi connectivity index (χ4n) is 2.66. The Hall–Kier alpha value is -4.00. The van der Waals surface area contributed by atoms with Crippen molar-refractivity contribution in [3.05, 3.63) is 69.3 Å². The Morgan fingerprint density at radius 3 is 2.70 bits per heavy atom. The standard InChI is InChI=1S/C17H15N7O3/c1-11-16(24(26)27)12(2)23(20-11)10-22-8-7-15(21-22)17(25)19-14-6-4-3-5-13(14)9-18/h3-8H,10H2,1-2H3,(H,19,25). The van der Waals surface area contributed by atoms with Gasteiger partial charge in [0, 0.05) is 6.20 Å². The lowest BCUT2D eigenvalue weighted by Gasteiger charge is -2.05. The number of nitrogens with zero attached hydrogens (tertiary/aromatic N) is 6. The van der Waals surface area contributed by atoms with E-state index in [0.29, 0.717) is 22.6 Å². The van der Waals surface area contributed by atoms with Crippen molar-refractivity contribution < 1.29 is 9.72 Å². The Labute approximate surface area is 153 Å². The van der Waals surface area contributed by atoms with Gasteiger partial charge in [-0.1, -0.05) is 12.1 Å². The Kier molecular flexibility index (Phi) is 4.68. The first-order valence-electron chi connectivity index (χ1n) is 7.93. The zero-order valence-corrected chi connectivity index (χ0v) is 14.6. The molecule has 0 saturated heterocycles. The molecule has 3 rings (SSSR count). The van der Waals surface area contributed by atoms with E-state index in [0.717, 1.165) is 0 Å². The van der Waals surface area contributed by atoms with E-state index in [2.05, 4.69) is 15.5 Å². The van der Waals surface area contributed by atoms with Gasteiger partial charge in [-0.3, -0.25) is 19.6 Å². The number of benzene rings is 1. The average molecular weight is 365 g/mol. The predicted molar refractivity (Wildman–Crippen MR) is 95.1 cm³/mol. The molecule has 0 aliphatic carbocycles.